The van der Waals surface area contributed by atoms with Crippen LogP contribution in [0.2, 0.25) is 5.02 Å². The summed E-state index contributed by atoms with van der Waals surface area (Å²) in [5.41, 5.74) is 6.81. The van der Waals surface area contributed by atoms with Gasteiger partial charge in [0.1, 0.15) is 23.9 Å². The largest absolute Gasteiger partial charge is 0.497 e. The van der Waals surface area contributed by atoms with Crippen LogP contribution in [0.15, 0.2) is 59.0 Å². The van der Waals surface area contributed by atoms with Crippen molar-refractivity contribution < 1.29 is 42.5 Å². The fourth-order valence-corrected chi connectivity index (χ4v) is 7.13. The van der Waals surface area contributed by atoms with E-state index in [1.165, 1.54) is 7.11 Å². The Morgan fingerprint density at radius 1 is 0.804 bits per heavy atom. The van der Waals surface area contributed by atoms with Crippen LogP contribution >= 0.6 is 11.6 Å². The predicted molar refractivity (Wildman–Crippen MR) is 214 cm³/mol. The smallest absolute Gasteiger partial charge is 0.291 e. The highest BCUT2D eigenvalue weighted by molar-refractivity contribution is 6.30. The van der Waals surface area contributed by atoms with Crippen LogP contribution in [-0.2, 0) is 23.8 Å². The van der Waals surface area contributed by atoms with E-state index in [1.807, 2.05) is 12.1 Å². The molecule has 5 rings (SSSR count). The Hall–Kier alpha value is -4.14. The molecule has 1 heterocycles. The molecule has 5 N–H and O–H groups in total. The molecule has 2 aliphatic carbocycles. The van der Waals surface area contributed by atoms with E-state index in [1.54, 1.807) is 42.5 Å². The van der Waals surface area contributed by atoms with Gasteiger partial charge in [0.05, 0.1) is 32.5 Å². The molecule has 0 spiro atoms. The lowest BCUT2D eigenvalue weighted by molar-refractivity contribution is -0.126. The van der Waals surface area contributed by atoms with Crippen LogP contribution in [0.3, 0.4) is 0 Å². The van der Waals surface area contributed by atoms with Crippen LogP contribution < -0.4 is 31.2 Å². The van der Waals surface area contributed by atoms with Gasteiger partial charge in [-0.25, -0.2) is 0 Å². The molecule has 1 aromatic heterocycles. The van der Waals surface area contributed by atoms with Gasteiger partial charge in [0, 0.05) is 79.2 Å². The topological polar surface area (TPSA) is 173 Å². The zero-order chi connectivity index (χ0) is 39.5. The molecule has 56 heavy (non-hydrogen) atoms. The number of nitrogens with one attached hydrogen (secondary N) is 3. The quantitative estimate of drug-likeness (QED) is 0.0821. The van der Waals surface area contributed by atoms with Crippen molar-refractivity contribution in [3.63, 3.8) is 0 Å². The second-order valence-electron chi connectivity index (χ2n) is 14.3. The summed E-state index contributed by atoms with van der Waals surface area (Å²) in [6.45, 7) is 3.39. The van der Waals surface area contributed by atoms with Gasteiger partial charge in [-0.05, 0) is 101 Å². The van der Waals surface area contributed by atoms with E-state index in [-0.39, 0.29) is 42.2 Å². The summed E-state index contributed by atoms with van der Waals surface area (Å²) >= 11 is 5.97. The average molecular weight is 797 g/mol. The van der Waals surface area contributed by atoms with Gasteiger partial charge >= 0.3 is 0 Å². The van der Waals surface area contributed by atoms with Gasteiger partial charge in [0.25, 0.3) is 5.91 Å². The van der Waals surface area contributed by atoms with Crippen molar-refractivity contribution in [2.24, 2.45) is 11.7 Å². The molecule has 0 aliphatic heterocycles. The Kier molecular flexibility index (Phi) is 17.8. The number of benzene rings is 2. The fraction of sp³-hybridized carbons (Fsp3) is 0.548. The van der Waals surface area contributed by atoms with Crippen LogP contribution in [0.5, 0.6) is 11.5 Å². The molecular formula is C42H57ClN4O9. The Morgan fingerprint density at radius 2 is 1.52 bits per heavy atom. The Labute approximate surface area is 334 Å². The lowest BCUT2D eigenvalue weighted by Crippen LogP contribution is -2.41. The molecular weight excluding hydrogens is 740 g/mol. The number of anilines is 1. The highest BCUT2D eigenvalue weighted by atomic mass is 35.5. The molecule has 2 aromatic carbocycles. The molecule has 0 bridgehead atoms. The lowest BCUT2D eigenvalue weighted by Gasteiger charge is -2.29. The monoisotopic (exact) mass is 796 g/mol. The van der Waals surface area contributed by atoms with E-state index in [9.17, 15) is 14.4 Å². The molecule has 2 aliphatic rings. The molecule has 0 saturated heterocycles. The summed E-state index contributed by atoms with van der Waals surface area (Å²) < 4.78 is 34.5. The van der Waals surface area contributed by atoms with Crippen LogP contribution in [0.4, 0.5) is 5.69 Å². The van der Waals surface area contributed by atoms with E-state index < -0.39 is 5.91 Å². The van der Waals surface area contributed by atoms with Crippen molar-refractivity contribution in [3.05, 3.63) is 65.4 Å². The third kappa shape index (κ3) is 14.4. The van der Waals surface area contributed by atoms with E-state index in [4.69, 9.17) is 45.4 Å². The Bertz CT molecular complexity index is 1650. The summed E-state index contributed by atoms with van der Waals surface area (Å²) in [6, 6.07) is 15.7. The van der Waals surface area contributed by atoms with Gasteiger partial charge in [0.2, 0.25) is 11.8 Å². The van der Waals surface area contributed by atoms with Crippen molar-refractivity contribution in [2.45, 2.75) is 88.9 Å². The molecule has 0 unspecified atom stereocenters. The number of rotatable bonds is 22. The zero-order valence-corrected chi connectivity index (χ0v) is 33.1. The second kappa shape index (κ2) is 23.2. The number of furan rings is 1. The number of carbonyl (C=O) groups is 3. The van der Waals surface area contributed by atoms with Crippen molar-refractivity contribution in [2.75, 3.05) is 58.6 Å². The van der Waals surface area contributed by atoms with Gasteiger partial charge < -0.3 is 49.8 Å². The number of amides is 3. The summed E-state index contributed by atoms with van der Waals surface area (Å²) in [7, 11) is 1.54. The number of ether oxygens (including phenoxy) is 5. The van der Waals surface area contributed by atoms with Gasteiger partial charge in [-0.2, -0.15) is 0 Å². The molecule has 306 valence electrons. The van der Waals surface area contributed by atoms with E-state index in [0.717, 1.165) is 56.9 Å². The number of carbonyl (C=O) groups excluding carboxylic acids is 3. The molecule has 14 heteroatoms. The summed E-state index contributed by atoms with van der Waals surface area (Å²) in [4.78, 5) is 38.2. The summed E-state index contributed by atoms with van der Waals surface area (Å²) in [5.74, 6) is 1.40. The lowest BCUT2D eigenvalue weighted by atomic mass is 9.85. The normalized spacial score (nSPS) is 19.6. The number of hydrogen-bond donors (Lipinski definition) is 4. The van der Waals surface area contributed by atoms with Crippen LogP contribution in [-0.4, -0.2) is 89.2 Å². The highest BCUT2D eigenvalue weighted by Crippen LogP contribution is 2.29. The second-order valence-corrected chi connectivity index (χ2v) is 14.7. The minimum absolute atomic E-state index is 0.0369. The first-order chi connectivity index (χ1) is 27.3. The molecule has 3 aromatic rings. The van der Waals surface area contributed by atoms with Crippen LogP contribution in [0.25, 0.3) is 11.3 Å². The zero-order valence-electron chi connectivity index (χ0n) is 32.4. The maximum Gasteiger partial charge on any atom is 0.291 e. The number of hydrogen-bond acceptors (Lipinski definition) is 10. The molecule has 2 fully saturated rings. The summed E-state index contributed by atoms with van der Waals surface area (Å²) in [6.07, 6.45) is 9.48. The average Bonchev–Trinajstić information content (AvgIpc) is 3.71. The van der Waals surface area contributed by atoms with Gasteiger partial charge in [-0.15, -0.1) is 0 Å². The molecule has 2 saturated carbocycles. The molecule has 13 nitrogen and oxygen atoms in total. The van der Waals surface area contributed by atoms with Crippen molar-refractivity contribution in [1.29, 1.82) is 0 Å². The van der Waals surface area contributed by atoms with Gasteiger partial charge in [-0.3, -0.25) is 14.4 Å². The Morgan fingerprint density at radius 3 is 2.23 bits per heavy atom. The highest BCUT2D eigenvalue weighted by Gasteiger charge is 2.27. The van der Waals surface area contributed by atoms with Crippen molar-refractivity contribution in [3.8, 4) is 22.8 Å². The maximum atomic E-state index is 12.9. The van der Waals surface area contributed by atoms with Crippen molar-refractivity contribution >= 4 is 35.0 Å². The standard InChI is InChI=1S/C42H57ClN4O9/c1-51-36-26-33(47-42(50)39-18-17-38(56-39)29-5-9-31(43)10-6-29)27-37(28-36)55-25-24-52-21-3-20-45-41(49)30-7-11-32(12-8-30)46-40(48)4-2-22-53-34-13-15-35(16-14-34)54-23-19-44/h5-6,9-10,17-18,26-28,30,32,34-35H,2-4,7-8,11-16,19-25,44H2,1H3,(H,45,49)(H,46,48)(H,47,50). The molecule has 3 amide bonds. The van der Waals surface area contributed by atoms with Gasteiger partial charge in [0.15, 0.2) is 5.76 Å². The number of methoxy groups -OCH3 is 1. The number of nitrogens with two attached hydrogens (primary N) is 1. The third-order valence-corrected chi connectivity index (χ3v) is 10.3. The minimum atomic E-state index is -0.413. The third-order valence-electron chi connectivity index (χ3n) is 10.1. The van der Waals surface area contributed by atoms with E-state index >= 15 is 0 Å². The van der Waals surface area contributed by atoms with Gasteiger partial charge in [-0.1, -0.05) is 11.6 Å². The first-order valence-electron chi connectivity index (χ1n) is 19.9. The van der Waals surface area contributed by atoms with E-state index in [0.29, 0.717) is 92.9 Å². The molecule has 0 atom stereocenters. The summed E-state index contributed by atoms with van der Waals surface area (Å²) in [5, 5.41) is 9.63. The van der Waals surface area contributed by atoms with Crippen LogP contribution in [0.1, 0.15) is 81.2 Å². The maximum absolute atomic E-state index is 12.9. The fourth-order valence-electron chi connectivity index (χ4n) is 7.00. The SMILES string of the molecule is COc1cc(NC(=O)c2ccc(-c3ccc(Cl)cc3)o2)cc(OCCOCCCNC(=O)C2CCC(NC(=O)CCCOC3CCC(OCCN)CC3)CC2)c1. The van der Waals surface area contributed by atoms with E-state index in [2.05, 4.69) is 16.0 Å². The first kappa shape index (κ1) is 43.0. The molecule has 0 radical (unpaired) electrons. The minimum Gasteiger partial charge on any atom is -0.497 e. The van der Waals surface area contributed by atoms with Crippen molar-refractivity contribution in [1.82, 2.24) is 10.6 Å². The first-order valence-corrected chi connectivity index (χ1v) is 20.2. The number of halogens is 1. The predicted octanol–water partition coefficient (Wildman–Crippen LogP) is 6.52. The Balaban J connectivity index is 0.884. The van der Waals surface area contributed by atoms with Crippen LogP contribution in [0, 0.1) is 5.92 Å².